The molecule has 0 aliphatic rings. The Bertz CT molecular complexity index is 1030. The lowest BCUT2D eigenvalue weighted by molar-refractivity contribution is -0.118. The van der Waals surface area contributed by atoms with E-state index in [1.165, 1.54) is 0 Å². The maximum atomic E-state index is 12.3. The van der Waals surface area contributed by atoms with Crippen LogP contribution in [-0.4, -0.2) is 18.5 Å². The molecular formula is C25H27N3O3. The number of aryl methyl sites for hydroxylation is 1. The number of hydrogen-bond acceptors (Lipinski definition) is 3. The average Bonchev–Trinajstić information content (AvgIpc) is 2.74. The third kappa shape index (κ3) is 6.60. The van der Waals surface area contributed by atoms with E-state index in [4.69, 9.17) is 4.74 Å². The summed E-state index contributed by atoms with van der Waals surface area (Å²) in [5.74, 6) is 0.783. The standard InChI is InChI=1S/C25H27N3O3/c1-17(2)22-14-9-18(3)15-23(22)31-16-24(29)26-20-10-12-21(13-11-20)28-25(30)27-19-7-5-4-6-8-19/h4-15,17H,16H2,1-3H3,(H,26,29)(H2,27,28,30). The van der Waals surface area contributed by atoms with Crippen LogP contribution in [-0.2, 0) is 4.79 Å². The van der Waals surface area contributed by atoms with Gasteiger partial charge in [0.15, 0.2) is 6.61 Å². The second kappa shape index (κ2) is 10.3. The molecular weight excluding hydrogens is 390 g/mol. The molecule has 0 spiro atoms. The summed E-state index contributed by atoms with van der Waals surface area (Å²) < 4.78 is 5.77. The lowest BCUT2D eigenvalue weighted by Crippen LogP contribution is -2.21. The molecule has 31 heavy (non-hydrogen) atoms. The molecule has 6 heteroatoms. The number of nitrogens with one attached hydrogen (secondary N) is 3. The normalized spacial score (nSPS) is 10.5. The lowest BCUT2D eigenvalue weighted by Gasteiger charge is -2.15. The number of ether oxygens (including phenoxy) is 1. The van der Waals surface area contributed by atoms with Gasteiger partial charge in [0.2, 0.25) is 0 Å². The quantitative estimate of drug-likeness (QED) is 0.456. The fourth-order valence-electron chi connectivity index (χ4n) is 3.04. The van der Waals surface area contributed by atoms with Crippen LogP contribution in [0.5, 0.6) is 5.75 Å². The van der Waals surface area contributed by atoms with E-state index in [1.807, 2.05) is 43.3 Å². The molecule has 0 bridgehead atoms. The molecule has 160 valence electrons. The van der Waals surface area contributed by atoms with E-state index in [0.717, 1.165) is 16.9 Å². The Balaban J connectivity index is 1.51. The maximum absolute atomic E-state index is 12.3. The van der Waals surface area contributed by atoms with Gasteiger partial charge in [-0.15, -0.1) is 0 Å². The van der Waals surface area contributed by atoms with Crippen LogP contribution in [0, 0.1) is 6.92 Å². The van der Waals surface area contributed by atoms with Gasteiger partial charge < -0.3 is 20.7 Å². The number of para-hydroxylation sites is 1. The fraction of sp³-hybridized carbons (Fsp3) is 0.200. The third-order valence-electron chi connectivity index (χ3n) is 4.61. The highest BCUT2D eigenvalue weighted by molar-refractivity contribution is 6.00. The van der Waals surface area contributed by atoms with Gasteiger partial charge in [-0.1, -0.05) is 44.2 Å². The molecule has 3 aromatic rings. The number of carbonyl (C=O) groups is 2. The van der Waals surface area contributed by atoms with E-state index in [9.17, 15) is 9.59 Å². The predicted octanol–water partition coefficient (Wildman–Crippen LogP) is 5.78. The highest BCUT2D eigenvalue weighted by atomic mass is 16.5. The molecule has 3 rings (SSSR count). The highest BCUT2D eigenvalue weighted by Crippen LogP contribution is 2.27. The van der Waals surface area contributed by atoms with E-state index >= 15 is 0 Å². The second-order valence-corrected chi connectivity index (χ2v) is 7.56. The van der Waals surface area contributed by atoms with Crippen molar-refractivity contribution in [2.45, 2.75) is 26.7 Å². The summed E-state index contributed by atoms with van der Waals surface area (Å²) in [6.07, 6.45) is 0. The molecule has 0 saturated carbocycles. The first kappa shape index (κ1) is 21.9. The molecule has 0 radical (unpaired) electrons. The van der Waals surface area contributed by atoms with Crippen molar-refractivity contribution in [3.63, 3.8) is 0 Å². The van der Waals surface area contributed by atoms with Gasteiger partial charge in [0.1, 0.15) is 5.75 Å². The van der Waals surface area contributed by atoms with Crippen LogP contribution in [0.4, 0.5) is 21.9 Å². The van der Waals surface area contributed by atoms with E-state index < -0.39 is 0 Å². The van der Waals surface area contributed by atoms with E-state index in [-0.39, 0.29) is 18.5 Å². The summed E-state index contributed by atoms with van der Waals surface area (Å²) >= 11 is 0. The Labute approximate surface area is 182 Å². The monoisotopic (exact) mass is 417 g/mol. The van der Waals surface area contributed by atoms with Crippen LogP contribution in [0.1, 0.15) is 30.9 Å². The van der Waals surface area contributed by atoms with Gasteiger partial charge in [-0.05, 0) is 66.4 Å². The predicted molar refractivity (Wildman–Crippen MR) is 125 cm³/mol. The Morgan fingerprint density at radius 2 is 1.39 bits per heavy atom. The van der Waals surface area contributed by atoms with Crippen molar-refractivity contribution in [2.24, 2.45) is 0 Å². The minimum Gasteiger partial charge on any atom is -0.483 e. The molecule has 0 aliphatic heterocycles. The summed E-state index contributed by atoms with van der Waals surface area (Å²) in [5, 5.41) is 8.31. The lowest BCUT2D eigenvalue weighted by atomic mass is 10.0. The first-order chi connectivity index (χ1) is 14.9. The SMILES string of the molecule is Cc1ccc(C(C)C)c(OCC(=O)Nc2ccc(NC(=O)Nc3ccccc3)cc2)c1. The first-order valence-corrected chi connectivity index (χ1v) is 10.2. The van der Waals surface area contributed by atoms with E-state index in [1.54, 1.807) is 36.4 Å². The summed E-state index contributed by atoms with van der Waals surface area (Å²) in [6, 6.07) is 21.8. The minimum absolute atomic E-state index is 0.0807. The van der Waals surface area contributed by atoms with Crippen LogP contribution in [0.15, 0.2) is 72.8 Å². The molecule has 0 atom stereocenters. The van der Waals surface area contributed by atoms with E-state index in [2.05, 4.69) is 29.8 Å². The van der Waals surface area contributed by atoms with Gasteiger partial charge in [0, 0.05) is 17.1 Å². The number of benzene rings is 3. The van der Waals surface area contributed by atoms with Gasteiger partial charge in [-0.2, -0.15) is 0 Å². The Hall–Kier alpha value is -3.80. The van der Waals surface area contributed by atoms with Crippen molar-refractivity contribution in [2.75, 3.05) is 22.6 Å². The number of amides is 3. The van der Waals surface area contributed by atoms with Gasteiger partial charge in [-0.25, -0.2) is 4.79 Å². The molecule has 0 saturated heterocycles. The van der Waals surface area contributed by atoms with Crippen LogP contribution in [0.3, 0.4) is 0 Å². The zero-order valence-electron chi connectivity index (χ0n) is 17.9. The van der Waals surface area contributed by atoms with Crippen molar-refractivity contribution in [1.82, 2.24) is 0 Å². The summed E-state index contributed by atoms with van der Waals surface area (Å²) in [6.45, 7) is 6.09. The minimum atomic E-state index is -0.338. The molecule has 0 unspecified atom stereocenters. The molecule has 0 fully saturated rings. The number of hydrogen-bond donors (Lipinski definition) is 3. The van der Waals surface area contributed by atoms with Crippen molar-refractivity contribution in [3.05, 3.63) is 83.9 Å². The van der Waals surface area contributed by atoms with Crippen molar-refractivity contribution >= 4 is 29.0 Å². The Kier molecular flexibility index (Phi) is 7.27. The largest absolute Gasteiger partial charge is 0.483 e. The average molecular weight is 418 g/mol. The maximum Gasteiger partial charge on any atom is 0.323 e. The summed E-state index contributed by atoms with van der Waals surface area (Å²) in [5.41, 5.74) is 4.10. The molecule has 3 amide bonds. The van der Waals surface area contributed by atoms with Gasteiger partial charge in [0.05, 0.1) is 0 Å². The Morgan fingerprint density at radius 3 is 2.00 bits per heavy atom. The molecule has 0 aliphatic carbocycles. The van der Waals surface area contributed by atoms with Crippen LogP contribution in [0.25, 0.3) is 0 Å². The van der Waals surface area contributed by atoms with Crippen molar-refractivity contribution < 1.29 is 14.3 Å². The number of urea groups is 1. The van der Waals surface area contributed by atoms with Gasteiger partial charge >= 0.3 is 6.03 Å². The topological polar surface area (TPSA) is 79.5 Å². The molecule has 0 aromatic heterocycles. The van der Waals surface area contributed by atoms with Crippen LogP contribution in [0.2, 0.25) is 0 Å². The number of carbonyl (C=O) groups excluding carboxylic acids is 2. The zero-order valence-corrected chi connectivity index (χ0v) is 17.9. The molecule has 3 N–H and O–H groups in total. The van der Waals surface area contributed by atoms with Gasteiger partial charge in [-0.3, -0.25) is 4.79 Å². The van der Waals surface area contributed by atoms with Crippen LogP contribution >= 0.6 is 0 Å². The molecule has 0 heterocycles. The van der Waals surface area contributed by atoms with Crippen LogP contribution < -0.4 is 20.7 Å². The third-order valence-corrected chi connectivity index (χ3v) is 4.61. The zero-order chi connectivity index (χ0) is 22.2. The summed E-state index contributed by atoms with van der Waals surface area (Å²) in [4.78, 5) is 24.4. The van der Waals surface area contributed by atoms with Gasteiger partial charge in [0.25, 0.3) is 5.91 Å². The Morgan fingerprint density at radius 1 is 0.806 bits per heavy atom. The molecule has 3 aromatic carbocycles. The molecule has 6 nitrogen and oxygen atoms in total. The summed E-state index contributed by atoms with van der Waals surface area (Å²) in [7, 11) is 0. The first-order valence-electron chi connectivity index (χ1n) is 10.2. The van der Waals surface area contributed by atoms with E-state index in [0.29, 0.717) is 23.0 Å². The second-order valence-electron chi connectivity index (χ2n) is 7.56. The fourth-order valence-corrected chi connectivity index (χ4v) is 3.04. The highest BCUT2D eigenvalue weighted by Gasteiger charge is 2.11. The smallest absolute Gasteiger partial charge is 0.323 e. The number of rotatable bonds is 7. The van der Waals surface area contributed by atoms with Crippen molar-refractivity contribution in [1.29, 1.82) is 0 Å². The number of anilines is 3. The van der Waals surface area contributed by atoms with Crippen molar-refractivity contribution in [3.8, 4) is 5.75 Å².